The molecule has 0 saturated heterocycles. The van der Waals surface area contributed by atoms with Crippen LogP contribution in [0.4, 0.5) is 0 Å². The molecule has 5 nitrogen and oxygen atoms in total. The van der Waals surface area contributed by atoms with E-state index in [1.54, 1.807) is 7.11 Å². The lowest BCUT2D eigenvalue weighted by Gasteiger charge is -2.16. The fourth-order valence-electron chi connectivity index (χ4n) is 3.87. The predicted molar refractivity (Wildman–Crippen MR) is 135 cm³/mol. The van der Waals surface area contributed by atoms with Gasteiger partial charge in [-0.1, -0.05) is 56.7 Å². The molecule has 0 fully saturated rings. The Labute approximate surface area is 202 Å². The van der Waals surface area contributed by atoms with Gasteiger partial charge in [-0.15, -0.1) is 0 Å². The topological polar surface area (TPSA) is 65.0 Å². The van der Waals surface area contributed by atoms with Crippen LogP contribution < -0.4 is 14.2 Å². The fourth-order valence-corrected chi connectivity index (χ4v) is 3.87. The van der Waals surface area contributed by atoms with Crippen molar-refractivity contribution in [2.24, 2.45) is 0 Å². The molecule has 0 unspecified atom stereocenters. The van der Waals surface area contributed by atoms with Gasteiger partial charge in [0.1, 0.15) is 23.9 Å². The van der Waals surface area contributed by atoms with Crippen LogP contribution in [-0.2, 0) is 11.4 Å². The van der Waals surface area contributed by atoms with Crippen LogP contribution in [0.5, 0.6) is 17.2 Å². The standard InChI is InChI=1S/C29H34O5/c1-4-6-15-33-28-16-21(13-14-27(28)24-10-8-11-25(18-24)32-3)20-34-26-12-7-9-23(17-26)22(5-2)19-29(30)31/h7-14,16-18,22H,4-6,15,19-20H2,1-3H3,(H,30,31)/t22-/m1/s1. The van der Waals surface area contributed by atoms with E-state index in [0.717, 1.165) is 58.8 Å². The van der Waals surface area contributed by atoms with Crippen LogP contribution in [0.2, 0.25) is 0 Å². The Balaban J connectivity index is 1.79. The number of hydrogen-bond donors (Lipinski definition) is 1. The highest BCUT2D eigenvalue weighted by atomic mass is 16.5. The first-order chi connectivity index (χ1) is 16.5. The lowest BCUT2D eigenvalue weighted by Crippen LogP contribution is -2.06. The third-order valence-electron chi connectivity index (χ3n) is 5.83. The van der Waals surface area contributed by atoms with Crippen molar-refractivity contribution in [3.05, 3.63) is 77.9 Å². The molecule has 0 aliphatic rings. The van der Waals surface area contributed by atoms with E-state index in [4.69, 9.17) is 14.2 Å². The molecule has 0 amide bonds. The number of carboxylic acid groups (broad SMARTS) is 1. The van der Waals surface area contributed by atoms with Crippen molar-refractivity contribution in [1.82, 2.24) is 0 Å². The summed E-state index contributed by atoms with van der Waals surface area (Å²) < 4.78 is 17.6. The average molecular weight is 463 g/mol. The van der Waals surface area contributed by atoms with E-state index in [9.17, 15) is 9.90 Å². The predicted octanol–water partition coefficient (Wildman–Crippen LogP) is 7.09. The van der Waals surface area contributed by atoms with Crippen molar-refractivity contribution in [2.45, 2.75) is 52.1 Å². The van der Waals surface area contributed by atoms with Crippen LogP contribution in [0.15, 0.2) is 66.7 Å². The zero-order valence-electron chi connectivity index (χ0n) is 20.3. The number of carbonyl (C=O) groups is 1. The molecule has 5 heteroatoms. The van der Waals surface area contributed by atoms with E-state index >= 15 is 0 Å². The summed E-state index contributed by atoms with van der Waals surface area (Å²) in [6, 6.07) is 21.8. The number of hydrogen-bond acceptors (Lipinski definition) is 4. The fraction of sp³-hybridized carbons (Fsp3) is 0.345. The number of carboxylic acids is 1. The summed E-state index contributed by atoms with van der Waals surface area (Å²) >= 11 is 0. The van der Waals surface area contributed by atoms with Gasteiger partial charge in [0.2, 0.25) is 0 Å². The molecule has 0 radical (unpaired) electrons. The first-order valence-corrected chi connectivity index (χ1v) is 11.9. The van der Waals surface area contributed by atoms with E-state index in [1.165, 1.54) is 0 Å². The van der Waals surface area contributed by atoms with Gasteiger partial charge >= 0.3 is 5.97 Å². The lowest BCUT2D eigenvalue weighted by atomic mass is 9.93. The van der Waals surface area contributed by atoms with E-state index in [0.29, 0.717) is 13.2 Å². The quantitative estimate of drug-likeness (QED) is 0.275. The Hall–Kier alpha value is -3.47. The first kappa shape index (κ1) is 25.2. The molecular formula is C29H34O5. The second kappa shape index (κ2) is 12.7. The highest BCUT2D eigenvalue weighted by Crippen LogP contribution is 2.34. The van der Waals surface area contributed by atoms with Gasteiger partial charge in [-0.2, -0.15) is 0 Å². The molecular weight excluding hydrogens is 428 g/mol. The second-order valence-corrected chi connectivity index (χ2v) is 8.33. The molecule has 0 heterocycles. The molecule has 0 aliphatic carbocycles. The van der Waals surface area contributed by atoms with E-state index in [2.05, 4.69) is 13.0 Å². The molecule has 1 atom stereocenters. The largest absolute Gasteiger partial charge is 0.497 e. The summed E-state index contributed by atoms with van der Waals surface area (Å²) in [5.74, 6) is 1.54. The number of unbranched alkanes of at least 4 members (excludes halogenated alkanes) is 1. The maximum atomic E-state index is 11.2. The van der Waals surface area contributed by atoms with Gasteiger partial charge in [-0.25, -0.2) is 0 Å². The normalized spacial score (nSPS) is 11.6. The Morgan fingerprint density at radius 1 is 0.941 bits per heavy atom. The molecule has 0 bridgehead atoms. The molecule has 3 rings (SSSR count). The van der Waals surface area contributed by atoms with Crippen LogP contribution in [0.25, 0.3) is 11.1 Å². The SMILES string of the molecule is CCCCOc1cc(COc2cccc([C@H](CC)CC(=O)O)c2)ccc1-c1cccc(OC)c1. The summed E-state index contributed by atoms with van der Waals surface area (Å²) in [5, 5.41) is 9.18. The highest BCUT2D eigenvalue weighted by Gasteiger charge is 2.14. The molecule has 0 saturated carbocycles. The lowest BCUT2D eigenvalue weighted by molar-refractivity contribution is -0.137. The maximum absolute atomic E-state index is 11.2. The highest BCUT2D eigenvalue weighted by molar-refractivity contribution is 5.72. The minimum Gasteiger partial charge on any atom is -0.497 e. The van der Waals surface area contributed by atoms with E-state index in [-0.39, 0.29) is 12.3 Å². The van der Waals surface area contributed by atoms with Crippen molar-refractivity contribution < 1.29 is 24.1 Å². The number of benzene rings is 3. The van der Waals surface area contributed by atoms with Crippen molar-refractivity contribution >= 4 is 5.97 Å². The van der Waals surface area contributed by atoms with Gasteiger partial charge in [0.15, 0.2) is 0 Å². The van der Waals surface area contributed by atoms with Gasteiger partial charge in [-0.3, -0.25) is 4.79 Å². The Bertz CT molecular complexity index is 1080. The average Bonchev–Trinajstić information content (AvgIpc) is 2.86. The summed E-state index contributed by atoms with van der Waals surface area (Å²) in [5.41, 5.74) is 4.04. The monoisotopic (exact) mass is 462 g/mol. The van der Waals surface area contributed by atoms with Crippen molar-refractivity contribution in [1.29, 1.82) is 0 Å². The number of rotatable bonds is 13. The summed E-state index contributed by atoms with van der Waals surface area (Å²) in [7, 11) is 1.66. The smallest absolute Gasteiger partial charge is 0.303 e. The van der Waals surface area contributed by atoms with Gasteiger partial charge in [-0.05, 0) is 65.8 Å². The molecule has 0 aliphatic heterocycles. The summed E-state index contributed by atoms with van der Waals surface area (Å²) in [6.45, 7) is 5.19. The Morgan fingerprint density at radius 2 is 1.74 bits per heavy atom. The van der Waals surface area contributed by atoms with Gasteiger partial charge in [0.25, 0.3) is 0 Å². The number of aliphatic carboxylic acids is 1. The number of ether oxygens (including phenoxy) is 3. The molecule has 0 spiro atoms. The molecule has 34 heavy (non-hydrogen) atoms. The summed E-state index contributed by atoms with van der Waals surface area (Å²) in [6.07, 6.45) is 2.93. The van der Waals surface area contributed by atoms with Crippen LogP contribution in [0.3, 0.4) is 0 Å². The van der Waals surface area contributed by atoms with E-state index < -0.39 is 5.97 Å². The van der Waals surface area contributed by atoms with Gasteiger partial charge in [0.05, 0.1) is 20.1 Å². The Morgan fingerprint density at radius 3 is 2.47 bits per heavy atom. The van der Waals surface area contributed by atoms with Crippen molar-refractivity contribution in [3.63, 3.8) is 0 Å². The van der Waals surface area contributed by atoms with Crippen LogP contribution in [-0.4, -0.2) is 24.8 Å². The number of methoxy groups -OCH3 is 1. The third kappa shape index (κ3) is 7.01. The van der Waals surface area contributed by atoms with Gasteiger partial charge < -0.3 is 19.3 Å². The maximum Gasteiger partial charge on any atom is 0.303 e. The van der Waals surface area contributed by atoms with Crippen LogP contribution >= 0.6 is 0 Å². The second-order valence-electron chi connectivity index (χ2n) is 8.33. The summed E-state index contributed by atoms with van der Waals surface area (Å²) in [4.78, 5) is 11.2. The minimum atomic E-state index is -0.787. The van der Waals surface area contributed by atoms with Crippen molar-refractivity contribution in [3.8, 4) is 28.4 Å². The van der Waals surface area contributed by atoms with Crippen molar-refractivity contribution in [2.75, 3.05) is 13.7 Å². The van der Waals surface area contributed by atoms with Crippen LogP contribution in [0.1, 0.15) is 56.6 Å². The molecule has 3 aromatic carbocycles. The third-order valence-corrected chi connectivity index (χ3v) is 5.83. The van der Waals surface area contributed by atoms with Crippen LogP contribution in [0, 0.1) is 0 Å². The first-order valence-electron chi connectivity index (χ1n) is 11.9. The minimum absolute atomic E-state index is 0.0261. The van der Waals surface area contributed by atoms with Gasteiger partial charge in [0, 0.05) is 5.56 Å². The zero-order chi connectivity index (χ0) is 24.3. The molecule has 3 aromatic rings. The molecule has 0 aromatic heterocycles. The Kier molecular flexibility index (Phi) is 9.39. The molecule has 180 valence electrons. The molecule has 1 N–H and O–H groups in total. The van der Waals surface area contributed by atoms with E-state index in [1.807, 2.05) is 67.6 Å². The zero-order valence-corrected chi connectivity index (χ0v) is 20.3.